The normalized spacial score (nSPS) is 19.3. The first-order chi connectivity index (χ1) is 11.3. The summed E-state index contributed by atoms with van der Waals surface area (Å²) >= 11 is 5.97. The monoisotopic (exact) mass is 372 g/mol. The van der Waals surface area contributed by atoms with E-state index in [0.717, 1.165) is 18.9 Å². The molecule has 0 radical (unpaired) electrons. The molecule has 7 nitrogen and oxygen atoms in total. The van der Waals surface area contributed by atoms with Crippen LogP contribution in [0.1, 0.15) is 23.2 Å². The third-order valence-electron chi connectivity index (χ3n) is 4.27. The maximum absolute atomic E-state index is 12.8. The van der Waals surface area contributed by atoms with Gasteiger partial charge in [0, 0.05) is 32.1 Å². The average molecular weight is 373 g/mol. The number of carbonyl (C=O) groups excluding carboxylic acids is 1. The number of hydrogen-bond donors (Lipinski definition) is 1. The molecule has 0 atom stereocenters. The van der Waals surface area contributed by atoms with E-state index in [1.165, 1.54) is 16.4 Å². The molecule has 130 valence electrons. The second kappa shape index (κ2) is 6.34. The Bertz CT molecular complexity index is 783. The lowest BCUT2D eigenvalue weighted by molar-refractivity contribution is -0.133. The largest absolute Gasteiger partial charge is 0.478 e. The molecule has 2 aliphatic rings. The van der Waals surface area contributed by atoms with E-state index in [1.54, 1.807) is 4.90 Å². The van der Waals surface area contributed by atoms with Crippen LogP contribution in [-0.4, -0.2) is 60.8 Å². The first-order valence-corrected chi connectivity index (χ1v) is 9.44. The van der Waals surface area contributed by atoms with E-state index < -0.39 is 16.0 Å². The third kappa shape index (κ3) is 3.26. The Morgan fingerprint density at radius 1 is 1.12 bits per heavy atom. The SMILES string of the molecule is O=C(O)c1ccc(Cl)c(S(=O)(=O)N2CCN(C(=O)C3CC3)CC2)c1. The van der Waals surface area contributed by atoms with E-state index in [1.807, 2.05) is 0 Å². The first-order valence-electron chi connectivity index (χ1n) is 7.62. The van der Waals surface area contributed by atoms with Gasteiger partial charge in [0.1, 0.15) is 4.90 Å². The van der Waals surface area contributed by atoms with Gasteiger partial charge < -0.3 is 10.0 Å². The van der Waals surface area contributed by atoms with E-state index in [9.17, 15) is 18.0 Å². The smallest absolute Gasteiger partial charge is 0.335 e. The highest BCUT2D eigenvalue weighted by Gasteiger charge is 2.37. The van der Waals surface area contributed by atoms with Gasteiger partial charge >= 0.3 is 5.97 Å². The van der Waals surface area contributed by atoms with Crippen LogP contribution >= 0.6 is 11.6 Å². The van der Waals surface area contributed by atoms with Crippen molar-refractivity contribution < 1.29 is 23.1 Å². The zero-order valence-corrected chi connectivity index (χ0v) is 14.4. The van der Waals surface area contributed by atoms with Gasteiger partial charge in [-0.15, -0.1) is 0 Å². The molecule has 0 aromatic heterocycles. The summed E-state index contributed by atoms with van der Waals surface area (Å²) in [5.74, 6) is -1.02. The van der Waals surface area contributed by atoms with Gasteiger partial charge in [0.05, 0.1) is 10.6 Å². The van der Waals surface area contributed by atoms with E-state index >= 15 is 0 Å². The fourth-order valence-electron chi connectivity index (χ4n) is 2.71. The molecule has 1 saturated carbocycles. The molecular formula is C15H17ClN2O5S. The van der Waals surface area contributed by atoms with Crippen molar-refractivity contribution in [2.24, 2.45) is 5.92 Å². The fraction of sp³-hybridized carbons (Fsp3) is 0.467. The highest BCUT2D eigenvalue weighted by molar-refractivity contribution is 7.89. The van der Waals surface area contributed by atoms with Crippen molar-refractivity contribution in [2.75, 3.05) is 26.2 Å². The molecule has 1 aliphatic heterocycles. The molecule has 0 bridgehead atoms. The molecule has 24 heavy (non-hydrogen) atoms. The van der Waals surface area contributed by atoms with E-state index in [2.05, 4.69) is 0 Å². The number of carboxylic acids is 1. The van der Waals surface area contributed by atoms with Gasteiger partial charge in [-0.1, -0.05) is 11.6 Å². The molecule has 2 fully saturated rings. The fourth-order valence-corrected chi connectivity index (χ4v) is 4.63. The lowest BCUT2D eigenvalue weighted by atomic mass is 10.2. The van der Waals surface area contributed by atoms with Crippen LogP contribution < -0.4 is 0 Å². The van der Waals surface area contributed by atoms with Crippen molar-refractivity contribution in [3.05, 3.63) is 28.8 Å². The number of halogens is 1. The molecule has 1 amide bonds. The number of rotatable bonds is 4. The number of amides is 1. The number of hydrogen-bond acceptors (Lipinski definition) is 4. The summed E-state index contributed by atoms with van der Waals surface area (Å²) < 4.78 is 26.7. The summed E-state index contributed by atoms with van der Waals surface area (Å²) in [6.07, 6.45) is 1.82. The van der Waals surface area contributed by atoms with Crippen molar-refractivity contribution >= 4 is 33.5 Å². The topological polar surface area (TPSA) is 95.0 Å². The Hall–Kier alpha value is -1.64. The molecule has 9 heteroatoms. The van der Waals surface area contributed by atoms with E-state index in [4.69, 9.17) is 16.7 Å². The van der Waals surface area contributed by atoms with E-state index in [0.29, 0.717) is 13.1 Å². The highest BCUT2D eigenvalue weighted by Crippen LogP contribution is 2.32. The van der Waals surface area contributed by atoms with E-state index in [-0.39, 0.29) is 40.4 Å². The van der Waals surface area contributed by atoms with Crippen molar-refractivity contribution in [1.82, 2.24) is 9.21 Å². The molecule has 1 heterocycles. The summed E-state index contributed by atoms with van der Waals surface area (Å²) in [7, 11) is -3.90. The zero-order chi connectivity index (χ0) is 17.5. The molecule has 0 unspecified atom stereocenters. The zero-order valence-electron chi connectivity index (χ0n) is 12.8. The predicted molar refractivity (Wildman–Crippen MR) is 86.5 cm³/mol. The number of benzene rings is 1. The van der Waals surface area contributed by atoms with Crippen molar-refractivity contribution in [2.45, 2.75) is 17.7 Å². The molecule has 1 aromatic carbocycles. The van der Waals surface area contributed by atoms with Crippen LogP contribution in [0.4, 0.5) is 0 Å². The van der Waals surface area contributed by atoms with Crippen LogP contribution in [0.25, 0.3) is 0 Å². The van der Waals surface area contributed by atoms with Crippen LogP contribution in [0.5, 0.6) is 0 Å². The lowest BCUT2D eigenvalue weighted by Crippen LogP contribution is -2.50. The number of nitrogens with zero attached hydrogens (tertiary/aromatic N) is 2. The maximum Gasteiger partial charge on any atom is 0.335 e. The predicted octanol–water partition coefficient (Wildman–Crippen LogP) is 1.28. The number of sulfonamides is 1. The summed E-state index contributed by atoms with van der Waals surface area (Å²) in [6.45, 7) is 1.03. The summed E-state index contributed by atoms with van der Waals surface area (Å²) in [6, 6.07) is 3.60. The van der Waals surface area contributed by atoms with Gasteiger partial charge in [0.2, 0.25) is 15.9 Å². The number of piperazine rings is 1. The minimum absolute atomic E-state index is 0.0171. The van der Waals surface area contributed by atoms with Gasteiger partial charge in [-0.05, 0) is 31.0 Å². The molecular weight excluding hydrogens is 356 g/mol. The minimum atomic E-state index is -3.90. The van der Waals surface area contributed by atoms with Gasteiger partial charge in [-0.2, -0.15) is 4.31 Å². The highest BCUT2D eigenvalue weighted by atomic mass is 35.5. The van der Waals surface area contributed by atoms with Crippen LogP contribution in [0, 0.1) is 5.92 Å². The minimum Gasteiger partial charge on any atom is -0.478 e. The van der Waals surface area contributed by atoms with Crippen molar-refractivity contribution in [1.29, 1.82) is 0 Å². The summed E-state index contributed by atoms with van der Waals surface area (Å²) in [4.78, 5) is 24.6. The lowest BCUT2D eigenvalue weighted by Gasteiger charge is -2.34. The third-order valence-corrected chi connectivity index (χ3v) is 6.65. The molecule has 1 aliphatic carbocycles. The summed E-state index contributed by atoms with van der Waals surface area (Å²) in [5.41, 5.74) is -0.138. The Kier molecular flexibility index (Phi) is 4.54. The van der Waals surface area contributed by atoms with Crippen LogP contribution in [-0.2, 0) is 14.8 Å². The molecule has 1 aromatic rings. The second-order valence-electron chi connectivity index (χ2n) is 5.95. The van der Waals surface area contributed by atoms with Gasteiger partial charge in [-0.3, -0.25) is 4.79 Å². The van der Waals surface area contributed by atoms with Gasteiger partial charge in [0.15, 0.2) is 0 Å². The van der Waals surface area contributed by atoms with Gasteiger partial charge in [-0.25, -0.2) is 13.2 Å². The van der Waals surface area contributed by atoms with Crippen molar-refractivity contribution in [3.63, 3.8) is 0 Å². The first kappa shape index (κ1) is 17.2. The standard InChI is InChI=1S/C15H17ClN2O5S/c16-12-4-3-11(15(20)21)9-13(12)24(22,23)18-7-5-17(6-8-18)14(19)10-1-2-10/h3-4,9-10H,1-2,5-8H2,(H,20,21). The van der Waals surface area contributed by atoms with Crippen molar-refractivity contribution in [3.8, 4) is 0 Å². The number of carboxylic acid groups (broad SMARTS) is 1. The van der Waals surface area contributed by atoms with Crippen LogP contribution in [0.2, 0.25) is 5.02 Å². The summed E-state index contributed by atoms with van der Waals surface area (Å²) in [5, 5.41) is 9.02. The second-order valence-corrected chi connectivity index (χ2v) is 8.27. The Balaban J connectivity index is 1.78. The van der Waals surface area contributed by atoms with Crippen LogP contribution in [0.15, 0.2) is 23.1 Å². The number of carbonyl (C=O) groups is 2. The Morgan fingerprint density at radius 3 is 2.29 bits per heavy atom. The Morgan fingerprint density at radius 2 is 1.75 bits per heavy atom. The van der Waals surface area contributed by atoms with Crippen LogP contribution in [0.3, 0.4) is 0 Å². The molecule has 0 spiro atoms. The number of aromatic carboxylic acids is 1. The quantitative estimate of drug-likeness (QED) is 0.859. The van der Waals surface area contributed by atoms with Gasteiger partial charge in [0.25, 0.3) is 0 Å². The molecule has 1 N–H and O–H groups in total. The molecule has 3 rings (SSSR count). The average Bonchev–Trinajstić information content (AvgIpc) is 3.39. The Labute approximate surface area is 144 Å². The maximum atomic E-state index is 12.8. The molecule has 1 saturated heterocycles.